The summed E-state index contributed by atoms with van der Waals surface area (Å²) in [5.74, 6) is -0.935. The first-order valence-corrected chi connectivity index (χ1v) is 9.70. The van der Waals surface area contributed by atoms with Crippen molar-refractivity contribution in [2.45, 2.75) is 6.42 Å². The predicted molar refractivity (Wildman–Crippen MR) is 107 cm³/mol. The molecule has 150 valence electrons. The predicted octanol–water partition coefficient (Wildman–Crippen LogP) is 2.40. The first kappa shape index (κ1) is 20.3. The maximum absolute atomic E-state index is 12.8. The minimum absolute atomic E-state index is 0.0267. The molecule has 0 unspecified atom stereocenters. The lowest BCUT2D eigenvalue weighted by Gasteiger charge is -2.12. The molecule has 1 aromatic carbocycles. The number of para-hydroxylation sites is 1. The Morgan fingerprint density at radius 2 is 1.97 bits per heavy atom. The maximum Gasteiger partial charge on any atom is 0.406 e. The third-order valence-corrected chi connectivity index (χ3v) is 5.11. The fraction of sp³-hybridized carbons (Fsp3) is 0.211. The quantitative estimate of drug-likeness (QED) is 0.593. The van der Waals surface area contributed by atoms with Gasteiger partial charge >= 0.3 is 6.09 Å². The molecule has 3 N–H and O–H groups in total. The molecule has 0 atom stereocenters. The number of fused-ring (bicyclic) bond motifs is 1. The topological polar surface area (TPSA) is 130 Å². The number of thioether (sulfide) groups is 1. The third kappa shape index (κ3) is 4.72. The second-order valence-electron chi connectivity index (χ2n) is 5.96. The van der Waals surface area contributed by atoms with Crippen LogP contribution in [0.5, 0.6) is 0 Å². The van der Waals surface area contributed by atoms with E-state index in [0.29, 0.717) is 24.4 Å². The van der Waals surface area contributed by atoms with Crippen molar-refractivity contribution >= 4 is 41.0 Å². The molecule has 9 nitrogen and oxygen atoms in total. The van der Waals surface area contributed by atoms with Crippen LogP contribution in [0.3, 0.4) is 0 Å². The Kier molecular flexibility index (Phi) is 6.45. The number of hydrogen-bond acceptors (Lipinski definition) is 7. The van der Waals surface area contributed by atoms with E-state index in [2.05, 4.69) is 25.6 Å². The number of allylic oxidation sites excluding steroid dienone is 2. The number of alkyl carbamates (subject to hydrolysis) is 1. The molecule has 0 saturated carbocycles. The van der Waals surface area contributed by atoms with E-state index in [0.717, 1.165) is 0 Å². The summed E-state index contributed by atoms with van der Waals surface area (Å²) < 4.78 is 4.47. The van der Waals surface area contributed by atoms with Crippen LogP contribution in [0, 0.1) is 0 Å². The van der Waals surface area contributed by atoms with Gasteiger partial charge in [-0.2, -0.15) is 5.10 Å². The zero-order valence-corrected chi connectivity index (χ0v) is 16.3. The summed E-state index contributed by atoms with van der Waals surface area (Å²) in [4.78, 5) is 49.0. The fourth-order valence-electron chi connectivity index (χ4n) is 2.62. The van der Waals surface area contributed by atoms with Gasteiger partial charge in [0.15, 0.2) is 0 Å². The summed E-state index contributed by atoms with van der Waals surface area (Å²) in [5, 5.41) is 11.6. The summed E-state index contributed by atoms with van der Waals surface area (Å²) >= 11 is 1.19. The van der Waals surface area contributed by atoms with E-state index in [4.69, 9.17) is 0 Å². The van der Waals surface area contributed by atoms with Crippen LogP contribution >= 0.6 is 11.8 Å². The van der Waals surface area contributed by atoms with E-state index in [1.54, 1.807) is 24.3 Å². The van der Waals surface area contributed by atoms with E-state index in [9.17, 15) is 19.2 Å². The van der Waals surface area contributed by atoms with Crippen LogP contribution in [0.1, 0.15) is 37.8 Å². The number of rotatable bonds is 7. The summed E-state index contributed by atoms with van der Waals surface area (Å²) in [6.45, 7) is 0.372. The molecule has 0 aliphatic heterocycles. The lowest BCUT2D eigenvalue weighted by atomic mass is 9.99. The van der Waals surface area contributed by atoms with Crippen LogP contribution in [0.15, 0.2) is 41.3 Å². The Labute approximate surface area is 170 Å². The highest BCUT2D eigenvalue weighted by molar-refractivity contribution is 8.04. The largest absolute Gasteiger partial charge is 0.453 e. The number of benzene rings is 1. The normalized spacial score (nSPS) is 12.8. The molecule has 10 heteroatoms. The highest BCUT2D eigenvalue weighted by Gasteiger charge is 2.33. The molecule has 1 heterocycles. The Morgan fingerprint density at radius 3 is 2.69 bits per heavy atom. The second-order valence-corrected chi connectivity index (χ2v) is 7.10. The molecular weight excluding hydrogens is 396 g/mol. The second kappa shape index (κ2) is 9.20. The number of amides is 2. The van der Waals surface area contributed by atoms with Crippen LogP contribution in [-0.2, 0) is 4.74 Å². The summed E-state index contributed by atoms with van der Waals surface area (Å²) in [7, 11) is 1.27. The van der Waals surface area contributed by atoms with Gasteiger partial charge in [-0.15, -0.1) is 11.8 Å². The first-order chi connectivity index (χ1) is 14.0. The number of aromatic nitrogens is 2. The standard InChI is InChI=1S/C19H18N4O5S/c1-28-19(27)20-8-5-9-29-13-10-12(24)15-14(17(13)25)16(23-22-15)18(26)21-11-6-3-2-4-7-11/h2-4,6-7,10H,5,8-9H2,1H3,(H,20,27)(H,21,26)(H,22,23). The Balaban J connectivity index is 1.68. The third-order valence-electron chi connectivity index (χ3n) is 4.00. The van der Waals surface area contributed by atoms with Gasteiger partial charge in [0.1, 0.15) is 11.4 Å². The summed E-state index contributed by atoms with van der Waals surface area (Å²) in [5.41, 5.74) is 0.408. The first-order valence-electron chi connectivity index (χ1n) is 8.71. The average molecular weight is 414 g/mol. The van der Waals surface area contributed by atoms with E-state index in [-0.39, 0.29) is 21.9 Å². The van der Waals surface area contributed by atoms with Crippen molar-refractivity contribution in [2.75, 3.05) is 24.7 Å². The molecule has 0 fully saturated rings. The van der Waals surface area contributed by atoms with Gasteiger partial charge < -0.3 is 15.4 Å². The molecule has 1 aliphatic carbocycles. The lowest BCUT2D eigenvalue weighted by molar-refractivity contribution is 0.0979. The van der Waals surface area contributed by atoms with Crippen molar-refractivity contribution in [3.05, 3.63) is 58.3 Å². The average Bonchev–Trinajstić information content (AvgIpc) is 3.18. The molecule has 2 aromatic rings. The molecule has 0 spiro atoms. The molecule has 0 saturated heterocycles. The molecule has 0 bridgehead atoms. The number of ether oxygens (including phenoxy) is 1. The number of hydrogen-bond donors (Lipinski definition) is 3. The molecular formula is C19H18N4O5S. The molecule has 1 aromatic heterocycles. The zero-order valence-electron chi connectivity index (χ0n) is 15.5. The molecule has 3 rings (SSSR count). The lowest BCUT2D eigenvalue weighted by Crippen LogP contribution is -2.24. The number of methoxy groups -OCH3 is 1. The van der Waals surface area contributed by atoms with E-state index in [1.165, 1.54) is 24.9 Å². The van der Waals surface area contributed by atoms with Crippen LogP contribution in [0.4, 0.5) is 10.5 Å². The summed E-state index contributed by atoms with van der Waals surface area (Å²) in [6, 6.07) is 8.75. The highest BCUT2D eigenvalue weighted by atomic mass is 32.2. The maximum atomic E-state index is 12.8. The van der Waals surface area contributed by atoms with Gasteiger partial charge in [0.2, 0.25) is 11.6 Å². The number of anilines is 1. The van der Waals surface area contributed by atoms with Crippen molar-refractivity contribution in [1.29, 1.82) is 0 Å². The van der Waals surface area contributed by atoms with Gasteiger partial charge in [-0.05, 0) is 24.3 Å². The minimum atomic E-state index is -0.556. The SMILES string of the molecule is COC(=O)NCCCSC1=CC(=O)c2n[nH]c(C(=O)Nc3ccccc3)c2C1=O. The van der Waals surface area contributed by atoms with E-state index < -0.39 is 23.6 Å². The molecule has 2 amide bonds. The fourth-order valence-corrected chi connectivity index (χ4v) is 3.55. The van der Waals surface area contributed by atoms with Gasteiger partial charge in [-0.1, -0.05) is 18.2 Å². The summed E-state index contributed by atoms with van der Waals surface area (Å²) in [6.07, 6.45) is 1.26. The Bertz CT molecular complexity index is 984. The van der Waals surface area contributed by atoms with Gasteiger partial charge in [-0.3, -0.25) is 19.5 Å². The molecule has 0 radical (unpaired) electrons. The smallest absolute Gasteiger partial charge is 0.406 e. The van der Waals surface area contributed by atoms with Crippen molar-refractivity contribution < 1.29 is 23.9 Å². The number of ketones is 2. The van der Waals surface area contributed by atoms with Crippen LogP contribution in [0.2, 0.25) is 0 Å². The van der Waals surface area contributed by atoms with Crippen LogP contribution in [-0.4, -0.2) is 53.2 Å². The number of H-pyrrole nitrogens is 1. The van der Waals surface area contributed by atoms with Gasteiger partial charge in [-0.25, -0.2) is 4.79 Å². The van der Waals surface area contributed by atoms with E-state index in [1.807, 2.05) is 6.07 Å². The van der Waals surface area contributed by atoms with Crippen molar-refractivity contribution in [1.82, 2.24) is 15.5 Å². The van der Waals surface area contributed by atoms with Gasteiger partial charge in [0, 0.05) is 18.3 Å². The van der Waals surface area contributed by atoms with E-state index >= 15 is 0 Å². The number of aromatic amines is 1. The highest BCUT2D eigenvalue weighted by Crippen LogP contribution is 2.30. The van der Waals surface area contributed by atoms with Crippen LogP contribution in [0.25, 0.3) is 0 Å². The Hall–Kier alpha value is -3.40. The van der Waals surface area contributed by atoms with Crippen molar-refractivity contribution in [3.8, 4) is 0 Å². The van der Waals surface area contributed by atoms with Crippen LogP contribution < -0.4 is 10.6 Å². The number of nitrogens with zero attached hydrogens (tertiary/aromatic N) is 1. The minimum Gasteiger partial charge on any atom is -0.453 e. The number of carbonyl (C=O) groups excluding carboxylic acids is 4. The van der Waals surface area contributed by atoms with Crippen molar-refractivity contribution in [3.63, 3.8) is 0 Å². The van der Waals surface area contributed by atoms with Gasteiger partial charge in [0.25, 0.3) is 5.91 Å². The molecule has 1 aliphatic rings. The van der Waals surface area contributed by atoms with Gasteiger partial charge in [0.05, 0.1) is 17.6 Å². The number of nitrogens with one attached hydrogen (secondary N) is 3. The number of carbonyl (C=O) groups is 4. The monoisotopic (exact) mass is 414 g/mol. The number of Topliss-reactive ketones (excluding diaryl/α,β-unsaturated/α-hetero) is 1. The van der Waals surface area contributed by atoms with Crippen molar-refractivity contribution in [2.24, 2.45) is 0 Å². The Morgan fingerprint density at radius 1 is 1.21 bits per heavy atom. The molecule has 29 heavy (non-hydrogen) atoms. The zero-order chi connectivity index (χ0) is 20.8.